The Morgan fingerprint density at radius 1 is 1.00 bits per heavy atom. The largest absolute Gasteiger partial charge is 0.373 e. The van der Waals surface area contributed by atoms with Crippen LogP contribution in [0.25, 0.3) is 11.1 Å². The van der Waals surface area contributed by atoms with Crippen LogP contribution in [0.15, 0.2) is 64.9 Å². The normalized spacial score (nSPS) is 18.0. The van der Waals surface area contributed by atoms with E-state index in [1.165, 1.54) is 47.6 Å². The number of likely N-dealkylation sites (tertiary alicyclic amines) is 1. The van der Waals surface area contributed by atoms with Gasteiger partial charge in [-0.05, 0) is 67.8 Å². The van der Waals surface area contributed by atoms with Crippen LogP contribution in [0.4, 0.5) is 8.78 Å². The quantitative estimate of drug-likeness (QED) is 0.240. The third kappa shape index (κ3) is 7.76. The fourth-order valence-corrected chi connectivity index (χ4v) is 7.33. The fraction of sp³-hybridized carbons (Fsp3) is 0.469. The van der Waals surface area contributed by atoms with Crippen molar-refractivity contribution in [3.05, 3.63) is 76.7 Å². The number of nitrogens with two attached hydrogens (primary N) is 1. The summed E-state index contributed by atoms with van der Waals surface area (Å²) in [4.78, 5) is 16.1. The van der Waals surface area contributed by atoms with Gasteiger partial charge in [0.05, 0.1) is 16.9 Å². The molecular formula is C32H39F2N3O2S2. The van der Waals surface area contributed by atoms with E-state index >= 15 is 8.78 Å². The summed E-state index contributed by atoms with van der Waals surface area (Å²) in [5.74, 6) is -4.03. The molecule has 5 nitrogen and oxygen atoms in total. The summed E-state index contributed by atoms with van der Waals surface area (Å²) in [6.45, 7) is 3.30. The van der Waals surface area contributed by atoms with Gasteiger partial charge in [0.1, 0.15) is 0 Å². The molecule has 1 atom stereocenters. The number of piperidine rings is 1. The molecule has 2 fully saturated rings. The van der Waals surface area contributed by atoms with E-state index in [0.29, 0.717) is 38.6 Å². The standard InChI is InChI=1S/C32H39F2N3O2S2/c1-22-7-9-23(10-8-22)24-11-13-25(14-12-24)32(33,34)30(31(38)37-19-17-26(35)18-20-37)36-41-29-16-15-28(40-29)21-39-27-5-3-2-4-6-27/h7-16,26-27,30,36H,2-6,17-21,35H2,1H3/t30-/m1/s1. The summed E-state index contributed by atoms with van der Waals surface area (Å²) in [5.41, 5.74) is 8.76. The molecule has 0 spiro atoms. The molecule has 1 saturated carbocycles. The van der Waals surface area contributed by atoms with Gasteiger partial charge >= 0.3 is 0 Å². The molecule has 0 radical (unpaired) electrons. The molecule has 220 valence electrons. The number of hydrogen-bond acceptors (Lipinski definition) is 6. The number of hydrogen-bond donors (Lipinski definition) is 2. The molecule has 1 amide bonds. The molecule has 9 heteroatoms. The smallest absolute Gasteiger partial charge is 0.298 e. The molecule has 2 heterocycles. The highest BCUT2D eigenvalue weighted by atomic mass is 32.2. The van der Waals surface area contributed by atoms with Crippen LogP contribution in [0.2, 0.25) is 0 Å². The Morgan fingerprint density at radius 3 is 2.29 bits per heavy atom. The highest BCUT2D eigenvalue weighted by molar-refractivity contribution is 7.99. The van der Waals surface area contributed by atoms with E-state index < -0.39 is 17.9 Å². The first-order valence-corrected chi connectivity index (χ1v) is 16.2. The van der Waals surface area contributed by atoms with Gasteiger partial charge in [-0.15, -0.1) is 11.3 Å². The number of benzene rings is 2. The first-order valence-electron chi connectivity index (χ1n) is 14.5. The zero-order valence-electron chi connectivity index (χ0n) is 23.5. The molecule has 3 aromatic rings. The van der Waals surface area contributed by atoms with Crippen molar-refractivity contribution in [2.45, 2.75) is 86.8 Å². The molecular weight excluding hydrogens is 561 g/mol. The summed E-state index contributed by atoms with van der Waals surface area (Å²) in [5, 5.41) is 0. The molecule has 3 N–H and O–H groups in total. The first-order chi connectivity index (χ1) is 19.8. The van der Waals surface area contributed by atoms with Crippen LogP contribution in [0, 0.1) is 6.92 Å². The van der Waals surface area contributed by atoms with Crippen molar-refractivity contribution in [2.24, 2.45) is 5.73 Å². The average molecular weight is 600 g/mol. The zero-order chi connectivity index (χ0) is 28.8. The maximum absolute atomic E-state index is 16.2. The highest BCUT2D eigenvalue weighted by Gasteiger charge is 2.48. The SMILES string of the molecule is Cc1ccc(-c2ccc(C(F)(F)[C@H](NSc3ccc(COC4CCCCC4)s3)C(=O)N3CCC(N)CC3)cc2)cc1. The van der Waals surface area contributed by atoms with Crippen LogP contribution < -0.4 is 10.5 Å². The number of carbonyl (C=O) groups is 1. The lowest BCUT2D eigenvalue weighted by Gasteiger charge is -2.35. The maximum Gasteiger partial charge on any atom is 0.298 e. The van der Waals surface area contributed by atoms with Crippen LogP contribution >= 0.6 is 23.3 Å². The molecule has 1 aromatic heterocycles. The molecule has 0 unspecified atom stereocenters. The number of carbonyl (C=O) groups excluding carboxylic acids is 1. The van der Waals surface area contributed by atoms with Crippen molar-refractivity contribution >= 4 is 29.2 Å². The number of thiophene rings is 1. The minimum absolute atomic E-state index is 0.00460. The van der Waals surface area contributed by atoms with Gasteiger partial charge in [-0.25, -0.2) is 4.72 Å². The number of nitrogens with zero attached hydrogens (tertiary/aromatic N) is 1. The molecule has 1 aliphatic carbocycles. The number of halogens is 2. The summed E-state index contributed by atoms with van der Waals surface area (Å²) in [6.07, 6.45) is 7.41. The van der Waals surface area contributed by atoms with E-state index in [1.807, 2.05) is 43.3 Å². The Balaban J connectivity index is 1.30. The van der Waals surface area contributed by atoms with Crippen LogP contribution in [-0.2, 0) is 22.1 Å². The number of rotatable bonds is 10. The van der Waals surface area contributed by atoms with Crippen LogP contribution in [0.1, 0.15) is 60.9 Å². The second-order valence-electron chi connectivity index (χ2n) is 11.2. The van der Waals surface area contributed by atoms with Crippen molar-refractivity contribution in [2.75, 3.05) is 13.1 Å². The van der Waals surface area contributed by atoms with E-state index in [2.05, 4.69) is 4.72 Å². The fourth-order valence-electron chi connectivity index (χ4n) is 5.42. The van der Waals surface area contributed by atoms with Crippen molar-refractivity contribution in [3.8, 4) is 11.1 Å². The third-order valence-corrected chi connectivity index (χ3v) is 10.1. The zero-order valence-corrected chi connectivity index (χ0v) is 25.1. The predicted molar refractivity (Wildman–Crippen MR) is 163 cm³/mol. The molecule has 1 aliphatic heterocycles. The number of aryl methyl sites for hydroxylation is 1. The molecule has 5 rings (SSSR count). The summed E-state index contributed by atoms with van der Waals surface area (Å²) >= 11 is 2.59. The van der Waals surface area contributed by atoms with Crippen molar-refractivity contribution in [1.82, 2.24) is 9.62 Å². The predicted octanol–water partition coefficient (Wildman–Crippen LogP) is 7.28. The topological polar surface area (TPSA) is 67.6 Å². The van der Waals surface area contributed by atoms with E-state index in [9.17, 15) is 4.79 Å². The van der Waals surface area contributed by atoms with Gasteiger partial charge < -0.3 is 15.4 Å². The highest BCUT2D eigenvalue weighted by Crippen LogP contribution is 2.37. The van der Waals surface area contributed by atoms with Crippen molar-refractivity contribution in [3.63, 3.8) is 0 Å². The lowest BCUT2D eigenvalue weighted by atomic mass is 9.96. The van der Waals surface area contributed by atoms with E-state index in [1.54, 1.807) is 12.1 Å². The van der Waals surface area contributed by atoms with E-state index in [4.69, 9.17) is 10.5 Å². The molecule has 2 aliphatic rings. The van der Waals surface area contributed by atoms with Gasteiger partial charge in [0, 0.05) is 29.6 Å². The molecule has 0 bridgehead atoms. The Labute approximate surface area is 250 Å². The lowest BCUT2D eigenvalue weighted by molar-refractivity contribution is -0.145. The van der Waals surface area contributed by atoms with Crippen molar-refractivity contribution in [1.29, 1.82) is 0 Å². The second-order valence-corrected chi connectivity index (χ2v) is 13.5. The second kappa shape index (κ2) is 13.8. The number of nitrogens with one attached hydrogen (secondary N) is 1. The molecule has 2 aromatic carbocycles. The number of alkyl halides is 2. The summed E-state index contributed by atoms with van der Waals surface area (Å²) in [6, 6.07) is 16.3. The Kier molecular flexibility index (Phi) is 10.1. The average Bonchev–Trinajstić information content (AvgIpc) is 3.45. The molecule has 1 saturated heterocycles. The van der Waals surface area contributed by atoms with Crippen LogP contribution in [-0.4, -0.2) is 42.1 Å². The van der Waals surface area contributed by atoms with Crippen LogP contribution in [0.5, 0.6) is 0 Å². The number of amides is 1. The van der Waals surface area contributed by atoms with Crippen LogP contribution in [0.3, 0.4) is 0 Å². The Bertz CT molecular complexity index is 1270. The van der Waals surface area contributed by atoms with Gasteiger partial charge in [-0.3, -0.25) is 4.79 Å². The first kappa shape index (κ1) is 30.2. The molecule has 41 heavy (non-hydrogen) atoms. The summed E-state index contributed by atoms with van der Waals surface area (Å²) in [7, 11) is 0. The van der Waals surface area contributed by atoms with E-state index in [0.717, 1.165) is 50.6 Å². The lowest BCUT2D eigenvalue weighted by Crippen LogP contribution is -2.55. The Hall–Kier alpha value is -2.30. The van der Waals surface area contributed by atoms with Gasteiger partial charge in [-0.1, -0.05) is 73.4 Å². The minimum Gasteiger partial charge on any atom is -0.373 e. The van der Waals surface area contributed by atoms with Gasteiger partial charge in [-0.2, -0.15) is 8.78 Å². The maximum atomic E-state index is 16.2. The van der Waals surface area contributed by atoms with Gasteiger partial charge in [0.2, 0.25) is 5.91 Å². The minimum atomic E-state index is -3.43. The van der Waals surface area contributed by atoms with Crippen molar-refractivity contribution < 1.29 is 18.3 Å². The monoisotopic (exact) mass is 599 g/mol. The Morgan fingerprint density at radius 2 is 1.63 bits per heavy atom. The summed E-state index contributed by atoms with van der Waals surface area (Å²) < 4.78 is 42.1. The number of ether oxygens (including phenoxy) is 1. The van der Waals surface area contributed by atoms with Gasteiger partial charge in [0.25, 0.3) is 5.92 Å². The third-order valence-electron chi connectivity index (χ3n) is 8.04. The van der Waals surface area contributed by atoms with E-state index in [-0.39, 0.29) is 11.6 Å². The van der Waals surface area contributed by atoms with Gasteiger partial charge in [0.15, 0.2) is 6.04 Å².